The molecule has 1 aromatic carbocycles. The van der Waals surface area contributed by atoms with Gasteiger partial charge in [-0.3, -0.25) is 4.98 Å². The molecule has 0 spiro atoms. The Hall–Kier alpha value is -3.87. The van der Waals surface area contributed by atoms with E-state index in [0.29, 0.717) is 5.56 Å². The van der Waals surface area contributed by atoms with Gasteiger partial charge < -0.3 is 10.2 Å². The zero-order chi connectivity index (χ0) is 19.8. The third kappa shape index (κ3) is 3.43. The van der Waals surface area contributed by atoms with Crippen molar-refractivity contribution in [1.82, 2.24) is 14.8 Å². The predicted molar refractivity (Wildman–Crippen MR) is 85.1 cm³/mol. The number of aromatic carboxylic acids is 1. The van der Waals surface area contributed by atoms with Gasteiger partial charge in [0, 0.05) is 11.8 Å². The second-order valence-electron chi connectivity index (χ2n) is 5.38. The number of nitrogens with zero attached hydrogens (tertiary/aromatic N) is 4. The average Bonchev–Trinajstić information content (AvgIpc) is 3.11. The summed E-state index contributed by atoms with van der Waals surface area (Å²) in [7, 11) is 0. The second-order valence-corrected chi connectivity index (χ2v) is 5.38. The van der Waals surface area contributed by atoms with Crippen molar-refractivity contribution in [2.24, 2.45) is 0 Å². The van der Waals surface area contributed by atoms with Gasteiger partial charge in [0.05, 0.1) is 23.1 Å². The van der Waals surface area contributed by atoms with Gasteiger partial charge in [-0.15, -0.1) is 0 Å². The Morgan fingerprint density at radius 2 is 1.96 bits per heavy atom. The number of carbonyl (C=O) groups is 1. The third-order valence-electron chi connectivity index (χ3n) is 3.65. The summed E-state index contributed by atoms with van der Waals surface area (Å²) in [6.07, 6.45) is -2.57. The van der Waals surface area contributed by atoms with Gasteiger partial charge in [-0.05, 0) is 24.3 Å². The zero-order valence-electron chi connectivity index (χ0n) is 13.3. The molecule has 2 heterocycles. The molecule has 2 aromatic heterocycles. The summed E-state index contributed by atoms with van der Waals surface area (Å²) >= 11 is 0. The first-order valence-electron chi connectivity index (χ1n) is 7.31. The van der Waals surface area contributed by atoms with Crippen molar-refractivity contribution in [3.05, 3.63) is 59.5 Å². The van der Waals surface area contributed by atoms with Crippen LogP contribution in [0.1, 0.15) is 21.6 Å². The summed E-state index contributed by atoms with van der Waals surface area (Å²) in [6, 6.07) is 7.95. The molecule has 0 saturated carbocycles. The van der Waals surface area contributed by atoms with Gasteiger partial charge in [0.15, 0.2) is 5.69 Å². The molecule has 3 rings (SSSR count). The molecule has 10 heteroatoms. The highest BCUT2D eigenvalue weighted by Gasteiger charge is 2.33. The van der Waals surface area contributed by atoms with Gasteiger partial charge in [-0.2, -0.15) is 23.5 Å². The Labute approximate surface area is 149 Å². The van der Waals surface area contributed by atoms with Gasteiger partial charge in [0.1, 0.15) is 17.4 Å². The summed E-state index contributed by atoms with van der Waals surface area (Å²) in [4.78, 5) is 15.0. The van der Waals surface area contributed by atoms with E-state index < -0.39 is 23.6 Å². The van der Waals surface area contributed by atoms with E-state index in [0.717, 1.165) is 29.2 Å². The molecule has 0 saturated heterocycles. The van der Waals surface area contributed by atoms with E-state index in [2.05, 4.69) is 10.1 Å². The lowest BCUT2D eigenvalue weighted by Gasteiger charge is -2.08. The minimum absolute atomic E-state index is 0.0103. The van der Waals surface area contributed by atoms with Gasteiger partial charge in [0.2, 0.25) is 0 Å². The normalized spacial score (nSPS) is 11.2. The van der Waals surface area contributed by atoms with Crippen molar-refractivity contribution >= 4 is 5.97 Å². The van der Waals surface area contributed by atoms with Crippen molar-refractivity contribution in [2.75, 3.05) is 0 Å². The first kappa shape index (κ1) is 17.9. The maximum Gasteiger partial charge on any atom is 0.435 e. The van der Waals surface area contributed by atoms with E-state index in [-0.39, 0.29) is 22.5 Å². The maximum atomic E-state index is 12.7. The van der Waals surface area contributed by atoms with Crippen LogP contribution in [0.25, 0.3) is 16.9 Å². The lowest BCUT2D eigenvalue weighted by atomic mass is 10.0. The number of hydrogen-bond acceptors (Lipinski definition) is 5. The zero-order valence-corrected chi connectivity index (χ0v) is 13.3. The molecule has 2 N–H and O–H groups in total. The van der Waals surface area contributed by atoms with Crippen molar-refractivity contribution in [2.45, 2.75) is 6.18 Å². The summed E-state index contributed by atoms with van der Waals surface area (Å²) in [5.41, 5.74) is -0.818. The molecule has 0 unspecified atom stereocenters. The minimum Gasteiger partial charge on any atom is -0.505 e. The molecule has 3 aromatic rings. The first-order chi connectivity index (χ1) is 12.7. The van der Waals surface area contributed by atoms with Crippen LogP contribution in [0.4, 0.5) is 13.2 Å². The molecule has 0 aliphatic heterocycles. The van der Waals surface area contributed by atoms with Crippen molar-refractivity contribution in [3.63, 3.8) is 0 Å². The van der Waals surface area contributed by atoms with E-state index in [9.17, 15) is 28.3 Å². The maximum absolute atomic E-state index is 12.7. The van der Waals surface area contributed by atoms with E-state index in [1.807, 2.05) is 6.07 Å². The molecule has 7 nitrogen and oxygen atoms in total. The van der Waals surface area contributed by atoms with Crippen LogP contribution in [0.3, 0.4) is 0 Å². The summed E-state index contributed by atoms with van der Waals surface area (Å²) in [6.45, 7) is 0. The number of aromatic nitrogens is 3. The molecule has 0 amide bonds. The largest absolute Gasteiger partial charge is 0.505 e. The van der Waals surface area contributed by atoms with Crippen molar-refractivity contribution < 1.29 is 28.2 Å². The Kier molecular flexibility index (Phi) is 4.29. The Morgan fingerprint density at radius 3 is 2.56 bits per heavy atom. The number of hydrogen-bond donors (Lipinski definition) is 2. The molecule has 0 bridgehead atoms. The number of aromatic hydroxyl groups is 1. The SMILES string of the molecule is N#Cc1cc(-c2cc(C(=O)O)c(O)cn2)ccc1-n1ccc(C(F)(F)F)n1. The lowest BCUT2D eigenvalue weighted by molar-refractivity contribution is -0.141. The molecule has 0 radical (unpaired) electrons. The van der Waals surface area contributed by atoms with Gasteiger partial charge in [-0.25, -0.2) is 9.48 Å². The van der Waals surface area contributed by atoms with Crippen molar-refractivity contribution in [3.8, 4) is 28.8 Å². The number of carboxylic acids is 1. The minimum atomic E-state index is -4.61. The summed E-state index contributed by atoms with van der Waals surface area (Å²) in [5.74, 6) is -1.87. The Balaban J connectivity index is 2.06. The molecule has 0 atom stereocenters. The molecular formula is C17H9F3N4O3. The quantitative estimate of drug-likeness (QED) is 0.728. The smallest absolute Gasteiger partial charge is 0.435 e. The molecular weight excluding hydrogens is 365 g/mol. The number of benzene rings is 1. The van der Waals surface area contributed by atoms with Crippen LogP contribution in [0.15, 0.2) is 42.7 Å². The lowest BCUT2D eigenvalue weighted by Crippen LogP contribution is -2.07. The van der Waals surface area contributed by atoms with Gasteiger partial charge in [-0.1, -0.05) is 6.07 Å². The highest BCUT2D eigenvalue weighted by Crippen LogP contribution is 2.29. The van der Waals surface area contributed by atoms with Crippen LogP contribution >= 0.6 is 0 Å². The van der Waals surface area contributed by atoms with Gasteiger partial charge in [0.25, 0.3) is 0 Å². The monoisotopic (exact) mass is 374 g/mol. The Bertz CT molecular complexity index is 1080. The highest BCUT2D eigenvalue weighted by molar-refractivity contribution is 5.92. The number of rotatable bonds is 3. The van der Waals surface area contributed by atoms with Crippen LogP contribution in [0.2, 0.25) is 0 Å². The molecule has 0 fully saturated rings. The Morgan fingerprint density at radius 1 is 1.22 bits per heavy atom. The predicted octanol–water partition coefficient (Wildman–Crippen LogP) is 3.23. The standard InChI is InChI=1S/C17H9F3N4O3/c18-17(19,20)15-3-4-24(23-15)13-2-1-9(5-10(13)7-21)12-6-11(16(26)27)14(25)8-22-12/h1-6,8,25H,(H,26,27). The van der Waals surface area contributed by atoms with E-state index in [4.69, 9.17) is 5.11 Å². The number of halogens is 3. The number of carboxylic acid groups (broad SMARTS) is 1. The van der Waals surface area contributed by atoms with E-state index in [1.54, 1.807) is 0 Å². The third-order valence-corrected chi connectivity index (χ3v) is 3.65. The van der Waals surface area contributed by atoms with Crippen LogP contribution in [-0.2, 0) is 6.18 Å². The fraction of sp³-hybridized carbons (Fsp3) is 0.0588. The number of nitriles is 1. The highest BCUT2D eigenvalue weighted by atomic mass is 19.4. The van der Waals surface area contributed by atoms with Gasteiger partial charge >= 0.3 is 12.1 Å². The average molecular weight is 374 g/mol. The molecule has 27 heavy (non-hydrogen) atoms. The molecule has 136 valence electrons. The van der Waals surface area contributed by atoms with E-state index >= 15 is 0 Å². The molecule has 0 aliphatic rings. The summed E-state index contributed by atoms with van der Waals surface area (Å²) < 4.78 is 39.0. The van der Waals surface area contributed by atoms with Crippen LogP contribution < -0.4 is 0 Å². The fourth-order valence-electron chi connectivity index (χ4n) is 2.37. The van der Waals surface area contributed by atoms with Crippen molar-refractivity contribution in [1.29, 1.82) is 5.26 Å². The number of alkyl halides is 3. The van der Waals surface area contributed by atoms with Crippen LogP contribution in [-0.4, -0.2) is 30.9 Å². The molecule has 0 aliphatic carbocycles. The summed E-state index contributed by atoms with van der Waals surface area (Å²) in [5, 5.41) is 31.3. The first-order valence-corrected chi connectivity index (χ1v) is 7.31. The topological polar surface area (TPSA) is 112 Å². The fourth-order valence-corrected chi connectivity index (χ4v) is 2.37. The van der Waals surface area contributed by atoms with Crippen LogP contribution in [0.5, 0.6) is 5.75 Å². The van der Waals surface area contributed by atoms with E-state index in [1.165, 1.54) is 18.2 Å². The second kappa shape index (κ2) is 6.45. The van der Waals surface area contributed by atoms with Crippen LogP contribution in [0, 0.1) is 11.3 Å². The number of pyridine rings is 1.